The van der Waals surface area contributed by atoms with Gasteiger partial charge < -0.3 is 38.7 Å². The Morgan fingerprint density at radius 2 is 0.654 bits per heavy atom. The van der Waals surface area contributed by atoms with E-state index < -0.39 is 0 Å². The standard InChI is InChI=1S/C23H19N3O.C22H18N4O2.C20H14FN3O.2C20H15N3O2/c1-27-23-20-13-17(9-10-21(20)25-14-26-23)19-6-3-11-24-22(19)18-5-2-4-16(12-18)15-7-8-15;1-14(27)25-17-6-3-5-16(11-17)21-18(7-4-10-23-21)15-8-9-20-19(12-15)22(28)26(2)13-24-20;1-24-12-23-18-9-6-14(11-17(18)20(24)25)16-3-2-10-22-19(16)13-4-7-15(21)8-5-13;1-25-20-17-11-13(7-8-18(17)22-12-23-20)16-6-3-9-21-19(16)14-4-2-5-15(24)10-14;1-23-12-22-18-8-7-13(11-17(18)20(23)25)16-6-3-9-21-19(16)14-4-2-5-15(24)10-14/h2-6,9-15H,7-8H2,1H3;3-13H,1-2H3,(H,25,27);2-12H,1H3;2*2-12,24H,1H3. The molecule has 636 valence electrons. The van der Waals surface area contributed by atoms with Gasteiger partial charge in [0.05, 0.1) is 116 Å². The molecule has 21 rings (SSSR count). The minimum absolute atomic E-state index is 0.0883. The first-order valence-electron chi connectivity index (χ1n) is 41.4. The van der Waals surface area contributed by atoms with Crippen LogP contribution >= 0.6 is 0 Å². The number of aryl methyl sites for hydroxylation is 3. The highest BCUT2D eigenvalue weighted by molar-refractivity contribution is 5.96. The number of halogens is 1. The number of ether oxygens (including phenoxy) is 2. The number of amides is 1. The zero-order valence-electron chi connectivity index (χ0n) is 71.2. The molecule has 0 unspecified atom stereocenters. The summed E-state index contributed by atoms with van der Waals surface area (Å²) in [4.78, 5) is 101. The molecule has 20 aromatic rings. The lowest BCUT2D eigenvalue weighted by Gasteiger charge is -2.11. The molecule has 0 aliphatic heterocycles. The number of hydrogen-bond donors (Lipinski definition) is 3. The van der Waals surface area contributed by atoms with Crippen LogP contribution in [0.2, 0.25) is 0 Å². The van der Waals surface area contributed by atoms with Gasteiger partial charge in [-0.1, -0.05) is 115 Å². The Hall–Kier alpha value is -17.4. The number of methoxy groups -OCH3 is 2. The molecule has 24 nitrogen and oxygen atoms in total. The summed E-state index contributed by atoms with van der Waals surface area (Å²) in [6.45, 7) is 1.47. The molecule has 10 aromatic heterocycles. The average molecular weight is 1710 g/mol. The third-order valence-electron chi connectivity index (χ3n) is 22.0. The third kappa shape index (κ3) is 18.7. The van der Waals surface area contributed by atoms with Crippen LogP contribution in [0.3, 0.4) is 0 Å². The van der Waals surface area contributed by atoms with Gasteiger partial charge in [-0.05, 0) is 210 Å². The fourth-order valence-electron chi connectivity index (χ4n) is 15.4. The molecular formula is C105H81FN16O8. The molecule has 1 saturated carbocycles. The van der Waals surface area contributed by atoms with Gasteiger partial charge in [0.15, 0.2) is 0 Å². The lowest BCUT2D eigenvalue weighted by atomic mass is 9.96. The van der Waals surface area contributed by atoms with Gasteiger partial charge in [0, 0.05) is 120 Å². The van der Waals surface area contributed by atoms with Gasteiger partial charge in [-0.15, -0.1) is 0 Å². The third-order valence-corrected chi connectivity index (χ3v) is 22.0. The lowest BCUT2D eigenvalue weighted by molar-refractivity contribution is -0.114. The Bertz CT molecular complexity index is 7880. The fraction of sp³-hybridized carbons (Fsp3) is 0.0857. The second-order valence-corrected chi connectivity index (χ2v) is 30.7. The maximum Gasteiger partial charge on any atom is 0.260 e. The molecule has 1 aliphatic carbocycles. The Morgan fingerprint density at radius 3 is 1.00 bits per heavy atom. The van der Waals surface area contributed by atoms with Crippen LogP contribution in [0.15, 0.2) is 350 Å². The zero-order valence-corrected chi connectivity index (χ0v) is 71.2. The van der Waals surface area contributed by atoms with Crippen molar-refractivity contribution in [2.24, 2.45) is 21.1 Å². The van der Waals surface area contributed by atoms with E-state index in [1.54, 1.807) is 109 Å². The van der Waals surface area contributed by atoms with Crippen molar-refractivity contribution in [3.8, 4) is 135 Å². The lowest BCUT2D eigenvalue weighted by Crippen LogP contribution is -2.16. The van der Waals surface area contributed by atoms with Crippen LogP contribution in [0.4, 0.5) is 10.1 Å². The Morgan fingerprint density at radius 1 is 0.338 bits per heavy atom. The number of phenols is 2. The molecule has 1 amide bonds. The van der Waals surface area contributed by atoms with Gasteiger partial charge in [0.1, 0.15) is 30.0 Å². The molecule has 0 spiro atoms. The molecule has 0 saturated heterocycles. The summed E-state index contributed by atoms with van der Waals surface area (Å²) >= 11 is 0. The number of carbonyl (C=O) groups excluding carboxylic acids is 1. The van der Waals surface area contributed by atoms with Gasteiger partial charge in [0.2, 0.25) is 17.7 Å². The van der Waals surface area contributed by atoms with E-state index in [4.69, 9.17) is 14.5 Å². The molecule has 10 heterocycles. The molecule has 25 heteroatoms. The Balaban J connectivity index is 0.000000114. The van der Waals surface area contributed by atoms with E-state index in [-0.39, 0.29) is 39.9 Å². The van der Waals surface area contributed by atoms with Gasteiger partial charge in [-0.3, -0.25) is 44.1 Å². The van der Waals surface area contributed by atoms with Crippen LogP contribution in [0, 0.1) is 5.82 Å². The molecule has 10 aromatic carbocycles. The van der Waals surface area contributed by atoms with Crippen LogP contribution in [-0.2, 0) is 25.9 Å². The van der Waals surface area contributed by atoms with Gasteiger partial charge >= 0.3 is 0 Å². The molecule has 1 fully saturated rings. The number of fused-ring (bicyclic) bond motifs is 5. The van der Waals surface area contributed by atoms with E-state index in [0.29, 0.717) is 50.2 Å². The van der Waals surface area contributed by atoms with Gasteiger partial charge in [0.25, 0.3) is 16.7 Å². The first-order valence-corrected chi connectivity index (χ1v) is 41.4. The largest absolute Gasteiger partial charge is 0.508 e. The minimum atomic E-state index is -0.290. The zero-order chi connectivity index (χ0) is 89.9. The molecule has 0 radical (unpaired) electrons. The van der Waals surface area contributed by atoms with E-state index in [1.165, 1.54) is 82.8 Å². The highest BCUT2D eigenvalue weighted by Crippen LogP contribution is 2.44. The fourth-order valence-corrected chi connectivity index (χ4v) is 15.4. The molecule has 0 bridgehead atoms. The molecular weight excluding hydrogens is 1630 g/mol. The smallest absolute Gasteiger partial charge is 0.260 e. The maximum atomic E-state index is 13.2. The number of anilines is 1. The SMILES string of the molecule is CC(=O)Nc1cccc(-c2ncccc2-c2ccc3ncn(C)c(=O)c3c2)c1.COc1ncnc2ccc(-c3cccnc3-c3cccc(C4CC4)c3)cc12.COc1ncnc2ccc(-c3cccnc3-c3cccc(O)c3)cc12.Cn1cnc2ccc(-c3cccnc3-c3ccc(F)cc3)cc2c1=O.Cn1cnc2ccc(-c3cccnc3-c3cccc(O)c3)cc2c1=O. The predicted molar refractivity (Wildman–Crippen MR) is 506 cm³/mol. The monoisotopic (exact) mass is 1710 g/mol. The average Bonchev–Trinajstić information content (AvgIpc) is 0.896. The molecule has 1 aliphatic rings. The normalized spacial score (nSPS) is 11.4. The maximum absolute atomic E-state index is 13.2. The number of phenolic OH excluding ortho intramolecular Hbond substituents is 2. The number of aromatic hydroxyl groups is 2. The number of benzene rings is 10. The number of aromatic nitrogens is 15. The first kappa shape index (κ1) is 84.8. The number of hydrogen-bond acceptors (Lipinski definition) is 20. The molecule has 3 N–H and O–H groups in total. The highest BCUT2D eigenvalue weighted by atomic mass is 19.1. The number of pyridine rings is 5. The summed E-state index contributed by atoms with van der Waals surface area (Å²) < 4.78 is 28.4. The second kappa shape index (κ2) is 38.0. The van der Waals surface area contributed by atoms with Crippen molar-refractivity contribution in [1.29, 1.82) is 0 Å². The van der Waals surface area contributed by atoms with Crippen molar-refractivity contribution >= 4 is 66.1 Å². The summed E-state index contributed by atoms with van der Waals surface area (Å²) in [6, 6.07) is 84.9. The topological polar surface area (TPSA) is 309 Å². The first-order chi connectivity index (χ1) is 63.4. The summed E-state index contributed by atoms with van der Waals surface area (Å²) in [5, 5.41) is 25.8. The van der Waals surface area contributed by atoms with Crippen LogP contribution in [0.25, 0.3) is 166 Å². The van der Waals surface area contributed by atoms with Crippen LogP contribution in [0.5, 0.6) is 23.3 Å². The van der Waals surface area contributed by atoms with E-state index >= 15 is 0 Å². The number of nitrogens with zero attached hydrogens (tertiary/aromatic N) is 15. The van der Waals surface area contributed by atoms with Gasteiger partial charge in [-0.25, -0.2) is 39.3 Å². The summed E-state index contributed by atoms with van der Waals surface area (Å²) in [7, 11) is 8.27. The minimum Gasteiger partial charge on any atom is -0.508 e. The van der Waals surface area contributed by atoms with E-state index in [2.05, 4.69) is 103 Å². The molecule has 0 atom stereocenters. The van der Waals surface area contributed by atoms with Gasteiger partial charge in [-0.2, -0.15) is 0 Å². The van der Waals surface area contributed by atoms with Crippen LogP contribution in [-0.4, -0.2) is 104 Å². The van der Waals surface area contributed by atoms with Crippen molar-refractivity contribution < 1.29 is 28.9 Å². The van der Waals surface area contributed by atoms with E-state index in [9.17, 15) is 33.8 Å². The predicted octanol–water partition coefficient (Wildman–Crippen LogP) is 20.1. The Labute approximate surface area is 743 Å². The van der Waals surface area contributed by atoms with Crippen molar-refractivity contribution in [3.05, 3.63) is 378 Å². The van der Waals surface area contributed by atoms with Crippen LogP contribution < -0.4 is 31.5 Å². The Kier molecular flexibility index (Phi) is 24.8. The van der Waals surface area contributed by atoms with Crippen molar-refractivity contribution in [3.63, 3.8) is 0 Å². The quantitative estimate of drug-likeness (QED) is 0.0911. The second-order valence-electron chi connectivity index (χ2n) is 30.7. The summed E-state index contributed by atoms with van der Waals surface area (Å²) in [5.41, 5.74) is 23.5. The van der Waals surface area contributed by atoms with Crippen molar-refractivity contribution in [2.45, 2.75) is 25.7 Å². The summed E-state index contributed by atoms with van der Waals surface area (Å²) in [5.74, 6) is 1.82. The van der Waals surface area contributed by atoms with Crippen molar-refractivity contribution in [2.75, 3.05) is 19.5 Å². The summed E-state index contributed by atoms with van der Waals surface area (Å²) in [6.07, 6.45) is 18.9. The van der Waals surface area contributed by atoms with Crippen LogP contribution in [0.1, 0.15) is 31.2 Å². The number of rotatable bonds is 14. The number of nitrogens with one attached hydrogen (secondary N) is 1. The highest BCUT2D eigenvalue weighted by Gasteiger charge is 2.25. The van der Waals surface area contributed by atoms with Crippen molar-refractivity contribution in [1.82, 2.24) is 73.5 Å². The van der Waals surface area contributed by atoms with E-state index in [1.807, 2.05) is 176 Å². The molecule has 130 heavy (non-hydrogen) atoms. The number of carbonyl (C=O) groups is 1. The van der Waals surface area contributed by atoms with E-state index in [0.717, 1.165) is 140 Å².